The van der Waals surface area contributed by atoms with Gasteiger partial charge in [0.25, 0.3) is 0 Å². The Labute approximate surface area is 122 Å². The fourth-order valence-electron chi connectivity index (χ4n) is 1.65. The second kappa shape index (κ2) is 5.88. The highest BCUT2D eigenvalue weighted by Gasteiger charge is 2.14. The number of aromatic nitrogens is 2. The summed E-state index contributed by atoms with van der Waals surface area (Å²) in [7, 11) is 0. The van der Waals surface area contributed by atoms with E-state index in [4.69, 9.17) is 16.3 Å². The van der Waals surface area contributed by atoms with Gasteiger partial charge in [-0.25, -0.2) is 4.98 Å². The Morgan fingerprint density at radius 2 is 1.85 bits per heavy atom. The summed E-state index contributed by atoms with van der Waals surface area (Å²) in [5.41, 5.74) is 2.46. The topological polar surface area (TPSA) is 64.1 Å². The number of ether oxygens (including phenoxy) is 1. The van der Waals surface area contributed by atoms with Crippen LogP contribution in [0.5, 0.6) is 5.75 Å². The lowest BCUT2D eigenvalue weighted by Gasteiger charge is -2.12. The molecule has 2 rings (SSSR count). The van der Waals surface area contributed by atoms with Gasteiger partial charge in [-0.05, 0) is 37.6 Å². The predicted molar refractivity (Wildman–Crippen MR) is 77.5 cm³/mol. The second-order valence-corrected chi connectivity index (χ2v) is 4.68. The highest BCUT2D eigenvalue weighted by molar-refractivity contribution is 6.28. The van der Waals surface area contributed by atoms with E-state index >= 15 is 0 Å². The molecule has 0 aliphatic carbocycles. The number of carbonyl (C=O) groups is 1. The summed E-state index contributed by atoms with van der Waals surface area (Å²) < 4.78 is 5.14. The monoisotopic (exact) mass is 291 g/mol. The van der Waals surface area contributed by atoms with Gasteiger partial charge < -0.3 is 10.1 Å². The van der Waals surface area contributed by atoms with Crippen LogP contribution in [-0.4, -0.2) is 15.9 Å². The first-order chi connectivity index (χ1) is 9.45. The lowest BCUT2D eigenvalue weighted by atomic mass is 10.2. The lowest BCUT2D eigenvalue weighted by molar-refractivity contribution is -0.131. The smallest absolute Gasteiger partial charge is 0.308 e. The van der Waals surface area contributed by atoms with E-state index in [1.807, 2.05) is 31.2 Å². The molecule has 104 valence electrons. The highest BCUT2D eigenvalue weighted by atomic mass is 35.5. The minimum Gasteiger partial charge on any atom is -0.421 e. The molecule has 6 heteroatoms. The van der Waals surface area contributed by atoms with Crippen LogP contribution in [0.2, 0.25) is 5.28 Å². The van der Waals surface area contributed by atoms with Crippen molar-refractivity contribution in [2.75, 3.05) is 5.32 Å². The molecule has 1 N–H and O–H groups in total. The van der Waals surface area contributed by atoms with Crippen molar-refractivity contribution < 1.29 is 9.53 Å². The van der Waals surface area contributed by atoms with E-state index in [1.165, 1.54) is 6.92 Å². The van der Waals surface area contributed by atoms with Gasteiger partial charge in [-0.2, -0.15) is 4.98 Å². The van der Waals surface area contributed by atoms with Crippen molar-refractivity contribution in [3.8, 4) is 5.75 Å². The Balaban J connectivity index is 2.38. The summed E-state index contributed by atoms with van der Waals surface area (Å²) in [6.07, 6.45) is 0. The maximum absolute atomic E-state index is 11.2. The zero-order valence-corrected chi connectivity index (χ0v) is 12.2. The quantitative estimate of drug-likeness (QED) is 0.693. The zero-order chi connectivity index (χ0) is 14.7. The lowest BCUT2D eigenvalue weighted by Crippen LogP contribution is -2.08. The van der Waals surface area contributed by atoms with Crippen molar-refractivity contribution >= 4 is 29.1 Å². The minimum absolute atomic E-state index is 0.0908. The van der Waals surface area contributed by atoms with E-state index in [9.17, 15) is 4.79 Å². The third-order valence-electron chi connectivity index (χ3n) is 2.57. The van der Waals surface area contributed by atoms with Crippen LogP contribution in [0, 0.1) is 13.8 Å². The van der Waals surface area contributed by atoms with Gasteiger partial charge in [0.1, 0.15) is 0 Å². The number of hydrogen-bond acceptors (Lipinski definition) is 5. The summed E-state index contributed by atoms with van der Waals surface area (Å²) in [4.78, 5) is 19.2. The van der Waals surface area contributed by atoms with Gasteiger partial charge in [0.2, 0.25) is 5.28 Å². The SMILES string of the molecule is CC(=O)Oc1c(C)nc(Cl)nc1Nc1ccc(C)cc1. The van der Waals surface area contributed by atoms with E-state index in [2.05, 4.69) is 15.3 Å². The van der Waals surface area contributed by atoms with E-state index < -0.39 is 5.97 Å². The van der Waals surface area contributed by atoms with Crippen LogP contribution < -0.4 is 10.1 Å². The largest absolute Gasteiger partial charge is 0.421 e. The van der Waals surface area contributed by atoms with Crippen LogP contribution in [0.4, 0.5) is 11.5 Å². The van der Waals surface area contributed by atoms with Gasteiger partial charge >= 0.3 is 5.97 Å². The average molecular weight is 292 g/mol. The third kappa shape index (κ3) is 3.45. The van der Waals surface area contributed by atoms with Crippen molar-refractivity contribution in [3.05, 3.63) is 40.8 Å². The minimum atomic E-state index is -0.439. The fraction of sp³-hybridized carbons (Fsp3) is 0.214. The molecule has 0 atom stereocenters. The molecular weight excluding hydrogens is 278 g/mol. The van der Waals surface area contributed by atoms with Gasteiger partial charge in [-0.15, -0.1) is 0 Å². The standard InChI is InChI=1S/C14H14ClN3O2/c1-8-4-6-11(7-5-8)17-13-12(20-10(3)19)9(2)16-14(15)18-13/h4-7H,1-3H3,(H,16,17,18). The summed E-state index contributed by atoms with van der Waals surface area (Å²) in [5, 5.41) is 3.16. The Morgan fingerprint density at radius 3 is 2.45 bits per heavy atom. The third-order valence-corrected chi connectivity index (χ3v) is 2.74. The number of aryl methyl sites for hydroxylation is 2. The van der Waals surface area contributed by atoms with E-state index in [0.29, 0.717) is 11.5 Å². The number of nitrogens with zero attached hydrogens (tertiary/aromatic N) is 2. The Morgan fingerprint density at radius 1 is 1.20 bits per heavy atom. The maximum atomic E-state index is 11.2. The number of rotatable bonds is 3. The molecule has 0 radical (unpaired) electrons. The molecule has 1 heterocycles. The van der Waals surface area contributed by atoms with Gasteiger partial charge in [0.15, 0.2) is 11.6 Å². The first-order valence-corrected chi connectivity index (χ1v) is 6.40. The molecule has 0 fully saturated rings. The van der Waals surface area contributed by atoms with E-state index in [0.717, 1.165) is 11.3 Å². The van der Waals surface area contributed by atoms with Crippen LogP contribution in [0.25, 0.3) is 0 Å². The average Bonchev–Trinajstić information content (AvgIpc) is 2.36. The van der Waals surface area contributed by atoms with Crippen molar-refractivity contribution in [1.29, 1.82) is 0 Å². The molecule has 0 saturated heterocycles. The highest BCUT2D eigenvalue weighted by Crippen LogP contribution is 2.29. The number of anilines is 2. The summed E-state index contributed by atoms with van der Waals surface area (Å²) >= 11 is 5.85. The molecule has 2 aromatic rings. The molecular formula is C14H14ClN3O2. The van der Waals surface area contributed by atoms with E-state index in [1.54, 1.807) is 6.92 Å². The Kier molecular flexibility index (Phi) is 4.20. The number of benzene rings is 1. The molecule has 20 heavy (non-hydrogen) atoms. The Hall–Kier alpha value is -2.14. The van der Waals surface area contributed by atoms with Gasteiger partial charge in [-0.3, -0.25) is 4.79 Å². The molecule has 0 aliphatic heterocycles. The molecule has 0 unspecified atom stereocenters. The van der Waals surface area contributed by atoms with Crippen molar-refractivity contribution in [2.45, 2.75) is 20.8 Å². The van der Waals surface area contributed by atoms with Gasteiger partial charge in [0.05, 0.1) is 5.69 Å². The number of nitrogens with one attached hydrogen (secondary N) is 1. The van der Waals surface area contributed by atoms with Gasteiger partial charge in [-0.1, -0.05) is 17.7 Å². The first-order valence-electron chi connectivity index (χ1n) is 6.02. The number of esters is 1. The summed E-state index contributed by atoms with van der Waals surface area (Å²) in [5.74, 6) is 0.204. The van der Waals surface area contributed by atoms with E-state index in [-0.39, 0.29) is 11.0 Å². The van der Waals surface area contributed by atoms with Crippen LogP contribution in [0.1, 0.15) is 18.2 Å². The molecule has 1 aromatic carbocycles. The molecule has 0 amide bonds. The zero-order valence-electron chi connectivity index (χ0n) is 11.4. The van der Waals surface area contributed by atoms with Crippen molar-refractivity contribution in [2.24, 2.45) is 0 Å². The fourth-order valence-corrected chi connectivity index (χ4v) is 1.86. The maximum Gasteiger partial charge on any atom is 0.308 e. The number of hydrogen-bond donors (Lipinski definition) is 1. The van der Waals surface area contributed by atoms with Gasteiger partial charge in [0, 0.05) is 12.6 Å². The number of carbonyl (C=O) groups excluding carboxylic acids is 1. The van der Waals surface area contributed by atoms with Crippen LogP contribution >= 0.6 is 11.6 Å². The predicted octanol–water partition coefficient (Wildman–Crippen LogP) is 3.42. The van der Waals surface area contributed by atoms with Crippen LogP contribution in [-0.2, 0) is 4.79 Å². The van der Waals surface area contributed by atoms with Crippen molar-refractivity contribution in [1.82, 2.24) is 9.97 Å². The Bertz CT molecular complexity index is 642. The molecule has 0 spiro atoms. The first kappa shape index (κ1) is 14.3. The summed E-state index contributed by atoms with van der Waals surface area (Å²) in [6, 6.07) is 7.73. The summed E-state index contributed by atoms with van der Waals surface area (Å²) in [6.45, 7) is 5.02. The number of halogens is 1. The molecule has 0 aliphatic rings. The molecule has 1 aromatic heterocycles. The van der Waals surface area contributed by atoms with Crippen LogP contribution in [0.3, 0.4) is 0 Å². The molecule has 0 bridgehead atoms. The normalized spacial score (nSPS) is 10.2. The van der Waals surface area contributed by atoms with Crippen LogP contribution in [0.15, 0.2) is 24.3 Å². The second-order valence-electron chi connectivity index (χ2n) is 4.34. The molecule has 0 saturated carbocycles. The van der Waals surface area contributed by atoms with Crippen molar-refractivity contribution in [3.63, 3.8) is 0 Å². The molecule has 5 nitrogen and oxygen atoms in total.